The van der Waals surface area contributed by atoms with Crippen LogP contribution >= 0.6 is 11.8 Å². The summed E-state index contributed by atoms with van der Waals surface area (Å²) in [5.41, 5.74) is 1.96. The highest BCUT2D eigenvalue weighted by Gasteiger charge is 2.16. The Balaban J connectivity index is 1.40. The van der Waals surface area contributed by atoms with Crippen LogP contribution in [-0.4, -0.2) is 27.6 Å². The molecule has 0 fully saturated rings. The second-order valence-electron chi connectivity index (χ2n) is 6.46. The number of halogens is 1. The second kappa shape index (κ2) is 9.36. The summed E-state index contributed by atoms with van der Waals surface area (Å²) in [6.45, 7) is 0. The molecule has 0 aliphatic carbocycles. The molecule has 0 saturated heterocycles. The Hall–Kier alpha value is -3.78. The monoisotopic (exact) mass is 433 g/mol. The van der Waals surface area contributed by atoms with Gasteiger partial charge in [0.15, 0.2) is 5.78 Å². The number of para-hydroxylation sites is 1. The van der Waals surface area contributed by atoms with E-state index in [-0.39, 0.29) is 34.4 Å². The molecule has 154 valence electrons. The lowest BCUT2D eigenvalue weighted by molar-refractivity contribution is -0.113. The Bertz CT molecular complexity index is 1210. The Morgan fingerprint density at radius 1 is 0.903 bits per heavy atom. The number of ketones is 1. The van der Waals surface area contributed by atoms with Crippen molar-refractivity contribution in [1.82, 2.24) is 10.2 Å². The van der Waals surface area contributed by atoms with Gasteiger partial charge in [-0.25, -0.2) is 4.39 Å². The lowest BCUT2D eigenvalue weighted by atomic mass is 10.0. The SMILES string of the molecule is O=C(CSc1nnc(-c2ccc(F)cc2)o1)Nc1ccccc1C(=O)c1ccccc1. The summed E-state index contributed by atoms with van der Waals surface area (Å²) in [4.78, 5) is 25.2. The van der Waals surface area contributed by atoms with Gasteiger partial charge in [0.05, 0.1) is 11.4 Å². The first-order chi connectivity index (χ1) is 15.1. The zero-order valence-corrected chi connectivity index (χ0v) is 16.9. The second-order valence-corrected chi connectivity index (χ2v) is 7.38. The molecule has 0 unspecified atom stereocenters. The van der Waals surface area contributed by atoms with Crippen LogP contribution in [0, 0.1) is 5.82 Å². The van der Waals surface area contributed by atoms with Gasteiger partial charge in [0, 0.05) is 16.7 Å². The lowest BCUT2D eigenvalue weighted by Crippen LogP contribution is -2.17. The zero-order chi connectivity index (χ0) is 21.6. The number of carbonyl (C=O) groups is 2. The van der Waals surface area contributed by atoms with Gasteiger partial charge in [-0.15, -0.1) is 10.2 Å². The molecule has 1 N–H and O–H groups in total. The van der Waals surface area contributed by atoms with Crippen molar-refractivity contribution in [3.63, 3.8) is 0 Å². The fourth-order valence-electron chi connectivity index (χ4n) is 2.83. The number of thioether (sulfide) groups is 1. The summed E-state index contributed by atoms with van der Waals surface area (Å²) in [7, 11) is 0. The van der Waals surface area contributed by atoms with E-state index < -0.39 is 0 Å². The average molecular weight is 433 g/mol. The summed E-state index contributed by atoms with van der Waals surface area (Å²) in [6, 6.07) is 21.4. The van der Waals surface area contributed by atoms with Crippen molar-refractivity contribution in [2.24, 2.45) is 0 Å². The van der Waals surface area contributed by atoms with Crippen LogP contribution < -0.4 is 5.32 Å². The maximum atomic E-state index is 13.0. The minimum atomic E-state index is -0.361. The molecule has 1 amide bonds. The molecular formula is C23H16FN3O3S. The molecule has 0 aliphatic heterocycles. The van der Waals surface area contributed by atoms with Crippen LogP contribution in [0.1, 0.15) is 15.9 Å². The molecule has 0 atom stereocenters. The van der Waals surface area contributed by atoms with E-state index >= 15 is 0 Å². The van der Waals surface area contributed by atoms with Crippen molar-refractivity contribution >= 4 is 29.1 Å². The predicted octanol–water partition coefficient (Wildman–Crippen LogP) is 4.84. The highest BCUT2D eigenvalue weighted by atomic mass is 32.2. The molecule has 0 saturated carbocycles. The van der Waals surface area contributed by atoms with Crippen molar-refractivity contribution in [3.8, 4) is 11.5 Å². The van der Waals surface area contributed by atoms with Crippen LogP contribution in [0.15, 0.2) is 88.5 Å². The fourth-order valence-corrected chi connectivity index (χ4v) is 3.39. The first-order valence-corrected chi connectivity index (χ1v) is 10.3. The summed E-state index contributed by atoms with van der Waals surface area (Å²) < 4.78 is 18.5. The lowest BCUT2D eigenvalue weighted by Gasteiger charge is -2.10. The maximum absolute atomic E-state index is 13.0. The molecule has 1 heterocycles. The topological polar surface area (TPSA) is 85.1 Å². The number of aromatic nitrogens is 2. The van der Waals surface area contributed by atoms with Gasteiger partial charge < -0.3 is 9.73 Å². The molecule has 1 aromatic heterocycles. The van der Waals surface area contributed by atoms with Crippen LogP contribution in [0.2, 0.25) is 0 Å². The van der Waals surface area contributed by atoms with Gasteiger partial charge in [0.2, 0.25) is 11.8 Å². The quantitative estimate of drug-likeness (QED) is 0.332. The Morgan fingerprint density at radius 2 is 1.61 bits per heavy atom. The highest BCUT2D eigenvalue weighted by Crippen LogP contribution is 2.24. The molecule has 8 heteroatoms. The molecule has 4 aromatic rings. The summed E-state index contributed by atoms with van der Waals surface area (Å²) >= 11 is 1.07. The van der Waals surface area contributed by atoms with Gasteiger partial charge in [0.25, 0.3) is 5.22 Å². The number of anilines is 1. The highest BCUT2D eigenvalue weighted by molar-refractivity contribution is 7.99. The van der Waals surface area contributed by atoms with Gasteiger partial charge in [-0.3, -0.25) is 9.59 Å². The van der Waals surface area contributed by atoms with Gasteiger partial charge in [-0.2, -0.15) is 0 Å². The van der Waals surface area contributed by atoms with Crippen LogP contribution in [0.3, 0.4) is 0 Å². The Morgan fingerprint density at radius 3 is 2.39 bits per heavy atom. The Labute approximate surface area is 181 Å². The number of hydrogen-bond donors (Lipinski definition) is 1. The van der Waals surface area contributed by atoms with E-state index in [0.29, 0.717) is 22.4 Å². The number of rotatable bonds is 7. The van der Waals surface area contributed by atoms with Gasteiger partial charge in [-0.1, -0.05) is 54.2 Å². The van der Waals surface area contributed by atoms with Crippen molar-refractivity contribution in [2.45, 2.75) is 5.22 Å². The number of nitrogens with zero attached hydrogens (tertiary/aromatic N) is 2. The predicted molar refractivity (Wildman–Crippen MR) is 115 cm³/mol. The fraction of sp³-hybridized carbons (Fsp3) is 0.0435. The van der Waals surface area contributed by atoms with Crippen LogP contribution in [0.25, 0.3) is 11.5 Å². The molecule has 0 radical (unpaired) electrons. The van der Waals surface area contributed by atoms with E-state index in [4.69, 9.17) is 4.42 Å². The normalized spacial score (nSPS) is 10.6. The number of nitrogens with one attached hydrogen (secondary N) is 1. The third-order valence-corrected chi connectivity index (χ3v) is 5.12. The van der Waals surface area contributed by atoms with Gasteiger partial charge >= 0.3 is 0 Å². The first-order valence-electron chi connectivity index (χ1n) is 9.31. The zero-order valence-electron chi connectivity index (χ0n) is 16.1. The number of carbonyl (C=O) groups excluding carboxylic acids is 2. The third kappa shape index (κ3) is 5.04. The van der Waals surface area contributed by atoms with Crippen LogP contribution in [-0.2, 0) is 4.79 Å². The third-order valence-electron chi connectivity index (χ3n) is 4.31. The molecule has 3 aromatic carbocycles. The molecule has 31 heavy (non-hydrogen) atoms. The van der Waals surface area contributed by atoms with Crippen molar-refractivity contribution in [2.75, 3.05) is 11.1 Å². The molecule has 0 spiro atoms. The van der Waals surface area contributed by atoms with Crippen molar-refractivity contribution in [1.29, 1.82) is 0 Å². The molecule has 0 bridgehead atoms. The summed E-state index contributed by atoms with van der Waals surface area (Å²) in [5, 5.41) is 10.8. The number of benzene rings is 3. The number of amides is 1. The maximum Gasteiger partial charge on any atom is 0.277 e. The first kappa shape index (κ1) is 20.5. The molecule has 6 nitrogen and oxygen atoms in total. The molecule has 4 rings (SSSR count). The average Bonchev–Trinajstić information content (AvgIpc) is 3.28. The summed E-state index contributed by atoms with van der Waals surface area (Å²) in [6.07, 6.45) is 0. The minimum Gasteiger partial charge on any atom is -0.411 e. The number of hydrogen-bond acceptors (Lipinski definition) is 6. The van der Waals surface area contributed by atoms with E-state index in [9.17, 15) is 14.0 Å². The van der Waals surface area contributed by atoms with E-state index in [1.165, 1.54) is 24.3 Å². The van der Waals surface area contributed by atoms with E-state index in [2.05, 4.69) is 15.5 Å². The smallest absolute Gasteiger partial charge is 0.277 e. The largest absolute Gasteiger partial charge is 0.411 e. The minimum absolute atomic E-state index is 0.0128. The van der Waals surface area contributed by atoms with E-state index in [1.54, 1.807) is 48.5 Å². The Kier molecular flexibility index (Phi) is 6.18. The van der Waals surface area contributed by atoms with E-state index in [1.807, 2.05) is 6.07 Å². The standard InChI is InChI=1S/C23H16FN3O3S/c24-17-12-10-16(11-13-17)22-26-27-23(30-22)31-14-20(28)25-19-9-5-4-8-18(19)21(29)15-6-2-1-3-7-15/h1-13H,14H2,(H,25,28). The van der Waals surface area contributed by atoms with Crippen LogP contribution in [0.4, 0.5) is 10.1 Å². The molecule has 0 aliphatic rings. The molecular weight excluding hydrogens is 417 g/mol. The van der Waals surface area contributed by atoms with Gasteiger partial charge in [0.1, 0.15) is 5.82 Å². The van der Waals surface area contributed by atoms with Gasteiger partial charge in [-0.05, 0) is 36.4 Å². The van der Waals surface area contributed by atoms with Crippen LogP contribution in [0.5, 0.6) is 0 Å². The van der Waals surface area contributed by atoms with Crippen molar-refractivity contribution in [3.05, 3.63) is 95.8 Å². The van der Waals surface area contributed by atoms with E-state index in [0.717, 1.165) is 11.8 Å². The summed E-state index contributed by atoms with van der Waals surface area (Å²) in [5.74, 6) is -0.606. The van der Waals surface area contributed by atoms with Crippen molar-refractivity contribution < 1.29 is 18.4 Å².